The second-order valence-corrected chi connectivity index (χ2v) is 6.73. The summed E-state index contributed by atoms with van der Waals surface area (Å²) in [5.74, 6) is -0.0624. The third-order valence-electron chi connectivity index (χ3n) is 4.47. The first-order valence-electron chi connectivity index (χ1n) is 9.01. The first kappa shape index (κ1) is 26.4. The Balaban J connectivity index is 0.00000240. The number of alkyl halides is 3. The van der Waals surface area contributed by atoms with Gasteiger partial charge in [-0.3, -0.25) is 4.79 Å². The van der Waals surface area contributed by atoms with Crippen LogP contribution in [0.5, 0.6) is 0 Å². The Morgan fingerprint density at radius 1 is 1.00 bits per heavy atom. The molecule has 1 atom stereocenters. The monoisotopic (exact) mass is 471 g/mol. The second-order valence-electron chi connectivity index (χ2n) is 6.73. The molecule has 0 radical (unpaired) electrons. The predicted molar refractivity (Wildman–Crippen MR) is 120 cm³/mol. The highest BCUT2D eigenvalue weighted by molar-refractivity contribution is 5.86. The highest BCUT2D eigenvalue weighted by atomic mass is 35.5. The SMILES string of the molecule is Cl.Cl.N[C@@H](Cc1cnc[nH]1)C(=O)Cc1ccc(/C=C/c2ccc(C(F)(F)F)cc2)cc1. The molecule has 166 valence electrons. The summed E-state index contributed by atoms with van der Waals surface area (Å²) in [7, 11) is 0. The molecule has 0 spiro atoms. The van der Waals surface area contributed by atoms with Crippen LogP contribution in [-0.4, -0.2) is 21.8 Å². The normalized spacial score (nSPS) is 12.1. The number of benzene rings is 2. The van der Waals surface area contributed by atoms with E-state index in [0.29, 0.717) is 12.0 Å². The summed E-state index contributed by atoms with van der Waals surface area (Å²) in [6.45, 7) is 0. The molecule has 3 N–H and O–H groups in total. The summed E-state index contributed by atoms with van der Waals surface area (Å²) in [6.07, 6.45) is 3.04. The summed E-state index contributed by atoms with van der Waals surface area (Å²) in [5, 5.41) is 0. The van der Waals surface area contributed by atoms with Gasteiger partial charge in [-0.1, -0.05) is 48.6 Å². The van der Waals surface area contributed by atoms with E-state index in [0.717, 1.165) is 29.0 Å². The van der Waals surface area contributed by atoms with Crippen LogP contribution in [-0.2, 0) is 23.8 Å². The van der Waals surface area contributed by atoms with Gasteiger partial charge < -0.3 is 10.7 Å². The van der Waals surface area contributed by atoms with Crippen LogP contribution < -0.4 is 5.73 Å². The minimum atomic E-state index is -4.34. The third-order valence-corrected chi connectivity index (χ3v) is 4.47. The van der Waals surface area contributed by atoms with Crippen molar-refractivity contribution in [2.75, 3.05) is 0 Å². The molecule has 31 heavy (non-hydrogen) atoms. The Bertz CT molecular complexity index is 971. The van der Waals surface area contributed by atoms with Crippen molar-refractivity contribution in [2.45, 2.75) is 25.1 Å². The Morgan fingerprint density at radius 3 is 2.03 bits per heavy atom. The number of nitrogens with zero attached hydrogens (tertiary/aromatic N) is 1. The number of halogens is 5. The van der Waals surface area contributed by atoms with E-state index in [-0.39, 0.29) is 37.0 Å². The average molecular weight is 472 g/mol. The lowest BCUT2D eigenvalue weighted by Crippen LogP contribution is -2.34. The largest absolute Gasteiger partial charge is 0.416 e. The fraction of sp³-hybridized carbons (Fsp3) is 0.182. The van der Waals surface area contributed by atoms with E-state index in [4.69, 9.17) is 5.73 Å². The summed E-state index contributed by atoms with van der Waals surface area (Å²) >= 11 is 0. The number of Topliss-reactive ketones (excluding diaryl/α,β-unsaturated/α-hetero) is 1. The van der Waals surface area contributed by atoms with E-state index in [1.807, 2.05) is 24.3 Å². The number of ketones is 1. The first-order valence-corrected chi connectivity index (χ1v) is 9.01. The Hall–Kier alpha value is -2.61. The zero-order valence-electron chi connectivity index (χ0n) is 16.3. The van der Waals surface area contributed by atoms with Crippen LogP contribution in [0.2, 0.25) is 0 Å². The van der Waals surface area contributed by atoms with Crippen molar-refractivity contribution in [1.29, 1.82) is 0 Å². The molecule has 3 rings (SSSR count). The zero-order chi connectivity index (χ0) is 20.9. The number of carbonyl (C=O) groups is 1. The van der Waals surface area contributed by atoms with Crippen LogP contribution >= 0.6 is 24.8 Å². The maximum absolute atomic E-state index is 12.6. The summed E-state index contributed by atoms with van der Waals surface area (Å²) in [6, 6.07) is 11.7. The predicted octanol–water partition coefficient (Wildman–Crippen LogP) is 5.12. The maximum Gasteiger partial charge on any atom is 0.416 e. The maximum atomic E-state index is 12.6. The van der Waals surface area contributed by atoms with Crippen LogP contribution in [0, 0.1) is 0 Å². The van der Waals surface area contributed by atoms with Crippen LogP contribution in [0.25, 0.3) is 12.2 Å². The van der Waals surface area contributed by atoms with Crippen molar-refractivity contribution in [3.05, 3.63) is 89.0 Å². The topological polar surface area (TPSA) is 71.8 Å². The molecule has 0 unspecified atom stereocenters. The highest BCUT2D eigenvalue weighted by Gasteiger charge is 2.29. The highest BCUT2D eigenvalue weighted by Crippen LogP contribution is 2.29. The Labute approximate surface area is 190 Å². The molecular formula is C22H22Cl2F3N3O. The van der Waals surface area contributed by atoms with Gasteiger partial charge in [-0.05, 0) is 28.8 Å². The summed E-state index contributed by atoms with van der Waals surface area (Å²) in [5.41, 5.74) is 8.49. The van der Waals surface area contributed by atoms with Gasteiger partial charge in [0.25, 0.3) is 0 Å². The van der Waals surface area contributed by atoms with Crippen molar-refractivity contribution in [3.8, 4) is 0 Å². The number of imidazole rings is 1. The number of carbonyl (C=O) groups excluding carboxylic acids is 1. The van der Waals surface area contributed by atoms with Crippen molar-refractivity contribution in [1.82, 2.24) is 9.97 Å². The van der Waals surface area contributed by atoms with Crippen LogP contribution in [0.1, 0.15) is 27.9 Å². The molecule has 1 heterocycles. The van der Waals surface area contributed by atoms with E-state index >= 15 is 0 Å². The molecule has 3 aromatic rings. The standard InChI is InChI=1S/C22H20F3N3O.2ClH/c23-22(24,25)18-9-7-16(8-10-18)2-1-15-3-5-17(6-4-15)11-21(29)20(26)12-19-13-27-14-28-19;;/h1-10,13-14,20H,11-12,26H2,(H,27,28);2*1H/b2-1+;;/t20-;;/m0../s1. The molecule has 9 heteroatoms. The van der Waals surface area contributed by atoms with E-state index in [1.54, 1.807) is 24.7 Å². The zero-order valence-corrected chi connectivity index (χ0v) is 17.9. The average Bonchev–Trinajstić information content (AvgIpc) is 3.20. The molecule has 1 aromatic heterocycles. The summed E-state index contributed by atoms with van der Waals surface area (Å²) < 4.78 is 37.8. The molecule has 4 nitrogen and oxygen atoms in total. The van der Waals surface area contributed by atoms with Crippen LogP contribution in [0.4, 0.5) is 13.2 Å². The quantitative estimate of drug-likeness (QED) is 0.469. The van der Waals surface area contributed by atoms with E-state index in [2.05, 4.69) is 9.97 Å². The smallest absolute Gasteiger partial charge is 0.348 e. The fourth-order valence-corrected chi connectivity index (χ4v) is 2.80. The van der Waals surface area contributed by atoms with Gasteiger partial charge in [0.15, 0.2) is 5.78 Å². The number of hydrogen-bond donors (Lipinski definition) is 2. The van der Waals surface area contributed by atoms with Gasteiger partial charge in [0, 0.05) is 24.7 Å². The number of hydrogen-bond acceptors (Lipinski definition) is 3. The van der Waals surface area contributed by atoms with E-state index < -0.39 is 17.8 Å². The van der Waals surface area contributed by atoms with Crippen molar-refractivity contribution >= 4 is 42.7 Å². The van der Waals surface area contributed by atoms with Gasteiger partial charge in [0.05, 0.1) is 17.9 Å². The van der Waals surface area contributed by atoms with Crippen molar-refractivity contribution < 1.29 is 18.0 Å². The van der Waals surface area contributed by atoms with Gasteiger partial charge >= 0.3 is 6.18 Å². The number of aromatic amines is 1. The summed E-state index contributed by atoms with van der Waals surface area (Å²) in [4.78, 5) is 19.1. The Morgan fingerprint density at radius 2 is 1.55 bits per heavy atom. The molecular weight excluding hydrogens is 450 g/mol. The van der Waals surface area contributed by atoms with Gasteiger partial charge in [-0.2, -0.15) is 13.2 Å². The second kappa shape index (κ2) is 11.7. The first-order chi connectivity index (χ1) is 13.8. The van der Waals surface area contributed by atoms with Crippen molar-refractivity contribution in [3.63, 3.8) is 0 Å². The van der Waals surface area contributed by atoms with Crippen molar-refractivity contribution in [2.24, 2.45) is 5.73 Å². The molecule has 2 aromatic carbocycles. The fourth-order valence-electron chi connectivity index (χ4n) is 2.80. The number of nitrogens with one attached hydrogen (secondary N) is 1. The van der Waals surface area contributed by atoms with Gasteiger partial charge in [0.1, 0.15) is 0 Å². The minimum absolute atomic E-state index is 0. The lowest BCUT2D eigenvalue weighted by molar-refractivity contribution is -0.137. The molecule has 0 bridgehead atoms. The van der Waals surface area contributed by atoms with Crippen LogP contribution in [0.15, 0.2) is 61.1 Å². The van der Waals surface area contributed by atoms with Gasteiger partial charge in [-0.15, -0.1) is 24.8 Å². The van der Waals surface area contributed by atoms with Gasteiger partial charge in [-0.25, -0.2) is 4.98 Å². The van der Waals surface area contributed by atoms with E-state index in [1.165, 1.54) is 12.1 Å². The molecule has 0 saturated heterocycles. The lowest BCUT2D eigenvalue weighted by atomic mass is 10.00. The molecule has 0 saturated carbocycles. The number of nitrogens with two attached hydrogens (primary N) is 1. The lowest BCUT2D eigenvalue weighted by Gasteiger charge is -2.09. The van der Waals surface area contributed by atoms with Crippen LogP contribution in [0.3, 0.4) is 0 Å². The molecule has 0 aliphatic carbocycles. The van der Waals surface area contributed by atoms with Gasteiger partial charge in [0.2, 0.25) is 0 Å². The number of rotatable bonds is 7. The molecule has 0 fully saturated rings. The molecule has 0 aliphatic rings. The third kappa shape index (κ3) is 7.86. The molecule has 0 amide bonds. The van der Waals surface area contributed by atoms with E-state index in [9.17, 15) is 18.0 Å². The molecule has 0 aliphatic heterocycles. The number of H-pyrrole nitrogens is 1. The minimum Gasteiger partial charge on any atom is -0.348 e. The number of aromatic nitrogens is 2. The Kier molecular flexibility index (Phi) is 9.97.